The third-order valence-corrected chi connectivity index (χ3v) is 14.5. The van der Waals surface area contributed by atoms with E-state index < -0.39 is 16.5 Å². The molecular formula is C21H35NSi2. The van der Waals surface area contributed by atoms with Crippen LogP contribution in [0.25, 0.3) is 0 Å². The molecule has 2 atom stereocenters. The summed E-state index contributed by atoms with van der Waals surface area (Å²) in [5, 5.41) is 1.65. The third kappa shape index (κ3) is 3.53. The summed E-state index contributed by atoms with van der Waals surface area (Å²) < 4.78 is 4.25. The minimum absolute atomic E-state index is 0.133. The van der Waals surface area contributed by atoms with Crippen molar-refractivity contribution in [1.82, 2.24) is 4.65 Å². The second-order valence-corrected chi connectivity index (χ2v) is 18.3. The molecule has 0 amide bonds. The van der Waals surface area contributed by atoms with E-state index in [1.807, 2.05) is 0 Å². The van der Waals surface area contributed by atoms with Crippen LogP contribution in [0.5, 0.6) is 0 Å². The van der Waals surface area contributed by atoms with Crippen LogP contribution in [-0.4, -0.2) is 16.5 Å². The molecule has 2 rings (SSSR count). The maximum atomic E-state index is 4.25. The smallest absolute Gasteiger partial charge is 0.162 e. The number of rotatable bonds is 6. The fourth-order valence-corrected chi connectivity index (χ4v) is 15.0. The van der Waals surface area contributed by atoms with Crippen molar-refractivity contribution in [3.05, 3.63) is 54.1 Å². The van der Waals surface area contributed by atoms with Gasteiger partial charge >= 0.3 is 0 Å². The Bertz CT molecular complexity index is 625. The number of nitrogens with one attached hydrogen (secondary N) is 1. The van der Waals surface area contributed by atoms with Gasteiger partial charge in [0.25, 0.3) is 0 Å². The van der Waals surface area contributed by atoms with Gasteiger partial charge in [-0.1, -0.05) is 102 Å². The summed E-state index contributed by atoms with van der Waals surface area (Å²) in [6.45, 7) is 19.2. The van der Waals surface area contributed by atoms with Gasteiger partial charge in [-0.3, -0.25) is 0 Å². The van der Waals surface area contributed by atoms with Crippen molar-refractivity contribution in [3.8, 4) is 0 Å². The summed E-state index contributed by atoms with van der Waals surface area (Å²) in [7, 11) is -3.42. The van der Waals surface area contributed by atoms with Gasteiger partial charge in [-0.25, -0.2) is 0 Å². The van der Waals surface area contributed by atoms with E-state index in [4.69, 9.17) is 0 Å². The summed E-state index contributed by atoms with van der Waals surface area (Å²) in [4.78, 5) is 0. The molecule has 0 aliphatic heterocycles. The average Bonchev–Trinajstić information content (AvgIpc) is 2.93. The summed E-state index contributed by atoms with van der Waals surface area (Å²) in [5.74, 6) is 1.16. The zero-order chi connectivity index (χ0) is 18.2. The van der Waals surface area contributed by atoms with E-state index in [0.29, 0.717) is 11.8 Å². The zero-order valence-corrected chi connectivity index (χ0v) is 18.8. The Morgan fingerprint density at radius 1 is 0.917 bits per heavy atom. The van der Waals surface area contributed by atoms with Crippen LogP contribution in [0.3, 0.4) is 0 Å². The Balaban J connectivity index is 2.67. The van der Waals surface area contributed by atoms with Gasteiger partial charge in [0.05, 0.1) is 0 Å². The van der Waals surface area contributed by atoms with Gasteiger partial charge < -0.3 is 4.65 Å². The van der Waals surface area contributed by atoms with Crippen molar-refractivity contribution in [3.63, 3.8) is 0 Å². The summed E-state index contributed by atoms with van der Waals surface area (Å²) >= 11 is 0. The molecule has 0 aromatic heterocycles. The van der Waals surface area contributed by atoms with Crippen molar-refractivity contribution < 1.29 is 0 Å². The first kappa shape index (κ1) is 19.4. The van der Waals surface area contributed by atoms with Gasteiger partial charge in [-0.05, 0) is 22.6 Å². The normalized spacial score (nSPS) is 23.7. The van der Waals surface area contributed by atoms with Crippen molar-refractivity contribution in [1.29, 1.82) is 0 Å². The molecule has 1 N–H and O–H groups in total. The number of benzene rings is 1. The largest absolute Gasteiger partial charge is 0.355 e. The van der Waals surface area contributed by atoms with Crippen molar-refractivity contribution in [2.75, 3.05) is 0 Å². The molecule has 0 spiro atoms. The van der Waals surface area contributed by atoms with Gasteiger partial charge in [0.1, 0.15) is 8.24 Å². The van der Waals surface area contributed by atoms with Crippen molar-refractivity contribution in [2.24, 2.45) is 11.8 Å². The highest BCUT2D eigenvalue weighted by Gasteiger charge is 2.53. The van der Waals surface area contributed by atoms with Gasteiger partial charge in [0.15, 0.2) is 8.24 Å². The first-order valence-corrected chi connectivity index (χ1v) is 15.3. The quantitative estimate of drug-likeness (QED) is 0.668. The fraction of sp³-hybridized carbons (Fsp3) is 0.524. The van der Waals surface area contributed by atoms with E-state index in [9.17, 15) is 0 Å². The van der Waals surface area contributed by atoms with E-state index in [1.54, 1.807) is 0 Å². The Labute approximate surface area is 151 Å². The van der Waals surface area contributed by atoms with E-state index in [-0.39, 0.29) is 5.04 Å². The molecule has 1 aliphatic rings. The Kier molecular flexibility index (Phi) is 5.48. The molecule has 132 valence electrons. The molecule has 0 fully saturated rings. The molecule has 24 heavy (non-hydrogen) atoms. The molecule has 1 aromatic rings. The number of hydrogen-bond donors (Lipinski definition) is 1. The van der Waals surface area contributed by atoms with Crippen LogP contribution < -0.4 is 9.83 Å². The molecule has 0 heterocycles. The van der Waals surface area contributed by atoms with E-state index in [0.717, 1.165) is 0 Å². The van der Waals surface area contributed by atoms with Crippen LogP contribution >= 0.6 is 0 Å². The van der Waals surface area contributed by atoms with E-state index >= 15 is 0 Å². The standard InChI is InChI=1S/C21H35NSi2/c1-17(2)19-14-15-21(16-19,18(3)4)24(8,22-23(5,6)7)20-12-10-9-11-13-20/h9-18,22H,1-8H3. The molecule has 0 radical (unpaired) electrons. The Hall–Kier alpha value is -0.906. The van der Waals surface area contributed by atoms with Crippen LogP contribution in [0.15, 0.2) is 54.1 Å². The van der Waals surface area contributed by atoms with Gasteiger partial charge in [0, 0.05) is 5.04 Å². The topological polar surface area (TPSA) is 12.0 Å². The summed E-state index contributed by atoms with van der Waals surface area (Å²) in [6, 6.07) is 11.2. The van der Waals surface area contributed by atoms with E-state index in [1.165, 1.54) is 10.8 Å². The number of hydrogen-bond acceptors (Lipinski definition) is 1. The van der Waals surface area contributed by atoms with Gasteiger partial charge in [0.2, 0.25) is 0 Å². The van der Waals surface area contributed by atoms with Crippen molar-refractivity contribution in [2.45, 2.75) is 58.9 Å². The molecule has 1 nitrogen and oxygen atoms in total. The lowest BCUT2D eigenvalue weighted by molar-refractivity contribution is 0.549. The van der Waals surface area contributed by atoms with Crippen LogP contribution in [0.2, 0.25) is 31.2 Å². The minimum Gasteiger partial charge on any atom is -0.355 e. The van der Waals surface area contributed by atoms with E-state index in [2.05, 4.69) is 107 Å². The van der Waals surface area contributed by atoms with Gasteiger partial charge in [-0.15, -0.1) is 0 Å². The minimum atomic E-state index is -1.98. The summed E-state index contributed by atoms with van der Waals surface area (Å²) in [5.41, 5.74) is 1.50. The SMILES string of the molecule is CC(C)C1=CC(C(C)C)([Si](C)(N[Si](C)(C)C)c2ccccc2)C=C1. The fourth-order valence-electron chi connectivity index (χ4n) is 4.16. The zero-order valence-electron chi connectivity index (χ0n) is 16.8. The highest BCUT2D eigenvalue weighted by atomic mass is 28.4. The maximum Gasteiger partial charge on any atom is 0.162 e. The Morgan fingerprint density at radius 3 is 1.92 bits per heavy atom. The highest BCUT2D eigenvalue weighted by Crippen LogP contribution is 2.51. The molecule has 0 saturated heterocycles. The first-order chi connectivity index (χ1) is 11.0. The molecule has 1 aromatic carbocycles. The van der Waals surface area contributed by atoms with Crippen molar-refractivity contribution >= 4 is 21.7 Å². The lowest BCUT2D eigenvalue weighted by atomic mass is 9.95. The summed E-state index contributed by atoms with van der Waals surface area (Å²) in [6.07, 6.45) is 7.53. The molecule has 2 unspecified atom stereocenters. The number of allylic oxidation sites excluding steroid dienone is 4. The highest BCUT2D eigenvalue weighted by molar-refractivity contribution is 7.00. The second-order valence-electron chi connectivity index (χ2n) is 9.09. The van der Waals surface area contributed by atoms with Crippen LogP contribution in [0.1, 0.15) is 27.7 Å². The lowest BCUT2D eigenvalue weighted by Crippen LogP contribution is -2.71. The van der Waals surface area contributed by atoms with Gasteiger partial charge in [-0.2, -0.15) is 0 Å². The molecule has 3 heteroatoms. The monoisotopic (exact) mass is 357 g/mol. The average molecular weight is 358 g/mol. The third-order valence-electron chi connectivity index (χ3n) is 5.42. The molecular weight excluding hydrogens is 322 g/mol. The predicted molar refractivity (Wildman–Crippen MR) is 114 cm³/mol. The van der Waals surface area contributed by atoms with Crippen LogP contribution in [0, 0.1) is 11.8 Å². The Morgan fingerprint density at radius 2 is 1.50 bits per heavy atom. The maximum absolute atomic E-state index is 4.25. The van der Waals surface area contributed by atoms with Crippen LogP contribution in [0.4, 0.5) is 0 Å². The van der Waals surface area contributed by atoms with Crippen LogP contribution in [-0.2, 0) is 0 Å². The predicted octanol–water partition coefficient (Wildman–Crippen LogP) is 5.44. The molecule has 1 aliphatic carbocycles. The first-order valence-electron chi connectivity index (χ1n) is 9.29. The second kappa shape index (κ2) is 6.77. The molecule has 0 saturated carbocycles. The molecule has 0 bridgehead atoms. The lowest BCUT2D eigenvalue weighted by Gasteiger charge is -2.49.